The summed E-state index contributed by atoms with van der Waals surface area (Å²) in [5, 5.41) is 29.8. The van der Waals surface area contributed by atoms with Crippen LogP contribution >= 0.6 is 223 Å². The third kappa shape index (κ3) is 20.2. The van der Waals surface area contributed by atoms with E-state index in [2.05, 4.69) is 263 Å². The number of hydrogen-bond donors (Lipinski definition) is 3. The number of halogens is 14. The van der Waals surface area contributed by atoms with Crippen LogP contribution in [-0.2, 0) is 10.8 Å². The lowest BCUT2D eigenvalue weighted by Crippen LogP contribution is -2.25. The topological polar surface area (TPSA) is 116 Å². The van der Waals surface area contributed by atoms with Gasteiger partial charge in [-0.15, -0.1) is 0 Å². The Kier molecular flexibility index (Phi) is 30.1. The minimum absolute atomic E-state index is 0.0596. The summed E-state index contributed by atoms with van der Waals surface area (Å²) in [5.74, 6) is 4.16. The number of rotatable bonds is 20. The van der Waals surface area contributed by atoms with E-state index in [4.69, 9.17) is 28.4 Å². The molecule has 0 amide bonds. The summed E-state index contributed by atoms with van der Waals surface area (Å²) in [4.78, 5) is 0. The standard InChI is InChI=1S/C25H21Br7O4.C22H26Br4O4.C8H7Br3O/c1-25(2,12-4-16(27)22(34-3)17(28)5-12)13-6-18(29)23(19(30)7-13)35-10-15(33)11-36-24-20(31)8-14(26)9-21(24)32;1-5-15(28)11-30-21-18(25)8-14(9-19(21)26)22(3,4)13-6-16(23)20(17(24)7-13)29-10-12(2)27;1-2-12-8-6(10)3-5(9)4-7(8)11/h4-9,15,33H,10-11H2,1-3H3;6-9,12,15,27-28H,5,10-11H2,1-4H3;3-4H,2H2,1H3. The molecule has 0 heterocycles. The average Bonchev–Trinajstić information content (AvgIpc) is 3.33. The number of ether oxygens (including phenoxy) is 6. The van der Waals surface area contributed by atoms with E-state index in [0.29, 0.717) is 36.0 Å². The molecular formula is C55H54Br14O9. The molecule has 0 radical (unpaired) electrons. The lowest BCUT2D eigenvalue weighted by atomic mass is 9.78. The molecule has 0 fully saturated rings. The molecule has 0 bridgehead atoms. The van der Waals surface area contributed by atoms with Gasteiger partial charge in [-0.25, -0.2) is 0 Å². The summed E-state index contributed by atoms with van der Waals surface area (Å²) in [5.41, 5.74) is 3.71. The predicted molar refractivity (Wildman–Crippen MR) is 364 cm³/mol. The zero-order valence-electron chi connectivity index (χ0n) is 43.0. The van der Waals surface area contributed by atoms with Gasteiger partial charge in [-0.2, -0.15) is 0 Å². The van der Waals surface area contributed by atoms with Crippen LogP contribution in [0.25, 0.3) is 0 Å². The fourth-order valence-corrected chi connectivity index (χ4v) is 17.7. The number of methoxy groups -OCH3 is 1. The molecule has 9 nitrogen and oxygen atoms in total. The van der Waals surface area contributed by atoms with Crippen LogP contribution in [-0.4, -0.2) is 73.8 Å². The highest BCUT2D eigenvalue weighted by Crippen LogP contribution is 2.47. The highest BCUT2D eigenvalue weighted by molar-refractivity contribution is 9.13. The Morgan fingerprint density at radius 3 is 0.833 bits per heavy atom. The first-order valence-electron chi connectivity index (χ1n) is 23.5. The van der Waals surface area contributed by atoms with Gasteiger partial charge in [-0.1, -0.05) is 66.5 Å². The van der Waals surface area contributed by atoms with Crippen molar-refractivity contribution in [3.63, 3.8) is 0 Å². The van der Waals surface area contributed by atoms with E-state index in [1.807, 2.05) is 74.5 Å². The van der Waals surface area contributed by atoms with E-state index in [-0.39, 0.29) is 37.3 Å². The molecule has 426 valence electrons. The molecule has 0 saturated carbocycles. The number of benzene rings is 6. The third-order valence-electron chi connectivity index (χ3n) is 11.5. The molecule has 3 unspecified atom stereocenters. The van der Waals surface area contributed by atoms with Gasteiger partial charge in [0.15, 0.2) is 0 Å². The van der Waals surface area contributed by atoms with E-state index in [1.165, 1.54) is 0 Å². The second kappa shape index (κ2) is 33.0. The summed E-state index contributed by atoms with van der Waals surface area (Å²) in [7, 11) is 1.64. The van der Waals surface area contributed by atoms with Gasteiger partial charge in [0.05, 0.1) is 79.6 Å². The molecule has 3 atom stereocenters. The molecule has 0 aliphatic heterocycles. The second-order valence-corrected chi connectivity index (χ2v) is 30.3. The Bertz CT molecular complexity index is 2870. The monoisotopic (exact) mass is 1960 g/mol. The molecule has 0 aromatic heterocycles. The summed E-state index contributed by atoms with van der Waals surface area (Å²) >= 11 is 49.5. The summed E-state index contributed by atoms with van der Waals surface area (Å²) in [6.07, 6.45) is -1.24. The lowest BCUT2D eigenvalue weighted by molar-refractivity contribution is 0.0616. The maximum absolute atomic E-state index is 10.5. The Labute approximate surface area is 575 Å². The fraction of sp³-hybridized carbons (Fsp3) is 0.345. The summed E-state index contributed by atoms with van der Waals surface area (Å²) < 4.78 is 46.1. The van der Waals surface area contributed by atoms with Gasteiger partial charge in [0.2, 0.25) is 0 Å². The van der Waals surface area contributed by atoms with Gasteiger partial charge < -0.3 is 43.7 Å². The van der Waals surface area contributed by atoms with Crippen molar-refractivity contribution in [2.45, 2.75) is 84.0 Å². The van der Waals surface area contributed by atoms with E-state index in [0.717, 1.165) is 96.4 Å². The van der Waals surface area contributed by atoms with Crippen molar-refractivity contribution < 1.29 is 43.7 Å². The zero-order valence-corrected chi connectivity index (χ0v) is 65.2. The molecule has 6 aromatic carbocycles. The van der Waals surface area contributed by atoms with Gasteiger partial charge in [-0.05, 0) is 306 Å². The van der Waals surface area contributed by atoms with E-state index in [1.54, 1.807) is 14.0 Å². The smallest absolute Gasteiger partial charge is 0.147 e. The summed E-state index contributed by atoms with van der Waals surface area (Å²) in [6, 6.07) is 24.0. The molecule has 3 N–H and O–H groups in total. The van der Waals surface area contributed by atoms with Crippen LogP contribution in [0.5, 0.6) is 34.5 Å². The van der Waals surface area contributed by atoms with Crippen molar-refractivity contribution in [3.8, 4) is 34.5 Å². The van der Waals surface area contributed by atoms with Crippen LogP contribution in [0.2, 0.25) is 0 Å². The van der Waals surface area contributed by atoms with Gasteiger partial charge in [0, 0.05) is 19.8 Å². The molecule has 0 saturated heterocycles. The molecule has 78 heavy (non-hydrogen) atoms. The minimum atomic E-state index is -0.837. The predicted octanol–water partition coefficient (Wildman–Crippen LogP) is 21.5. The van der Waals surface area contributed by atoms with E-state index >= 15 is 0 Å². The molecule has 0 aliphatic carbocycles. The number of aliphatic hydroxyl groups is 3. The summed E-state index contributed by atoms with van der Waals surface area (Å²) in [6.45, 7) is 15.4. The van der Waals surface area contributed by atoms with Gasteiger partial charge >= 0.3 is 0 Å². The number of hydrogen-bond acceptors (Lipinski definition) is 9. The van der Waals surface area contributed by atoms with Gasteiger partial charge in [0.25, 0.3) is 0 Å². The average molecular weight is 1980 g/mol. The van der Waals surface area contributed by atoms with Crippen LogP contribution in [0.1, 0.15) is 77.1 Å². The van der Waals surface area contributed by atoms with E-state index < -0.39 is 18.3 Å². The SMILES string of the molecule is CCC(O)COc1c(Br)cc(C(C)(C)c2cc(Br)c(OCC(C)O)c(Br)c2)cc1Br.CCOc1c(Br)cc(Br)cc1Br.COc1c(Br)cc(C(C)(C)c2cc(Br)c(OCC(O)COc3c(Br)cc(Br)cc3Br)c(Br)c2)cc1Br. The van der Waals surface area contributed by atoms with Crippen molar-refractivity contribution in [1.29, 1.82) is 0 Å². The first-order valence-corrected chi connectivity index (χ1v) is 34.6. The van der Waals surface area contributed by atoms with Crippen LogP contribution in [0.15, 0.2) is 135 Å². The van der Waals surface area contributed by atoms with Crippen LogP contribution < -0.4 is 28.4 Å². The van der Waals surface area contributed by atoms with Gasteiger partial charge in [-0.3, -0.25) is 0 Å². The molecule has 6 rings (SSSR count). The lowest BCUT2D eigenvalue weighted by Gasteiger charge is -2.28. The van der Waals surface area contributed by atoms with E-state index in [9.17, 15) is 15.3 Å². The Morgan fingerprint density at radius 1 is 0.359 bits per heavy atom. The maximum atomic E-state index is 10.5. The molecule has 23 heteroatoms. The molecule has 0 spiro atoms. The molecule has 6 aromatic rings. The maximum Gasteiger partial charge on any atom is 0.147 e. The Balaban J connectivity index is 0.000000281. The Morgan fingerprint density at radius 2 is 0.590 bits per heavy atom. The van der Waals surface area contributed by atoms with Crippen LogP contribution in [0.3, 0.4) is 0 Å². The first kappa shape index (κ1) is 71.2. The minimum Gasteiger partial charge on any atom is -0.494 e. The zero-order chi connectivity index (χ0) is 58.6. The Hall–Kier alpha value is 0.720. The third-order valence-corrected chi connectivity index (χ3v) is 19.5. The quantitative estimate of drug-likeness (QED) is 0.0687. The van der Waals surface area contributed by atoms with Crippen LogP contribution in [0, 0.1) is 0 Å². The molecule has 0 aliphatic rings. The second-order valence-electron chi connectivity index (χ2n) is 18.2. The number of aliphatic hydroxyl groups excluding tert-OH is 3. The van der Waals surface area contributed by atoms with Gasteiger partial charge in [0.1, 0.15) is 67.0 Å². The van der Waals surface area contributed by atoms with Crippen molar-refractivity contribution in [3.05, 3.63) is 158 Å². The molecular weight excluding hydrogens is 1920 g/mol. The van der Waals surface area contributed by atoms with Crippen molar-refractivity contribution >= 4 is 223 Å². The van der Waals surface area contributed by atoms with Crippen molar-refractivity contribution in [1.82, 2.24) is 0 Å². The van der Waals surface area contributed by atoms with Crippen molar-refractivity contribution in [2.75, 3.05) is 40.1 Å². The fourth-order valence-electron chi connectivity index (χ4n) is 7.01. The van der Waals surface area contributed by atoms with Crippen LogP contribution in [0.4, 0.5) is 0 Å². The highest BCUT2D eigenvalue weighted by Gasteiger charge is 2.29. The van der Waals surface area contributed by atoms with Crippen molar-refractivity contribution in [2.24, 2.45) is 0 Å². The first-order chi connectivity index (χ1) is 36.5. The largest absolute Gasteiger partial charge is 0.494 e. The highest BCUT2D eigenvalue weighted by atomic mass is 79.9. The normalized spacial score (nSPS) is 12.6.